The molecule has 2 heterocycles. The van der Waals surface area contributed by atoms with Crippen LogP contribution in [0.2, 0.25) is 0 Å². The lowest BCUT2D eigenvalue weighted by Gasteiger charge is -1.96. The fourth-order valence-electron chi connectivity index (χ4n) is 1.14. The third kappa shape index (κ3) is 1.89. The van der Waals surface area contributed by atoms with E-state index in [1.165, 1.54) is 0 Å². The van der Waals surface area contributed by atoms with Gasteiger partial charge in [0.25, 0.3) is 0 Å². The average molecular weight is 197 g/mol. The summed E-state index contributed by atoms with van der Waals surface area (Å²) in [6.07, 6.45) is 7.35. The van der Waals surface area contributed by atoms with E-state index in [0.29, 0.717) is 5.88 Å². The largest absolute Gasteiger partial charge is 0.333 e. The van der Waals surface area contributed by atoms with Crippen LogP contribution in [0.4, 0.5) is 0 Å². The number of hydrogen-bond acceptors (Lipinski definition) is 2. The van der Waals surface area contributed by atoms with Gasteiger partial charge in [0.2, 0.25) is 0 Å². The quantitative estimate of drug-likeness (QED) is 0.755. The molecule has 0 aliphatic rings. The maximum Gasteiger partial charge on any atom is 0.0953 e. The van der Waals surface area contributed by atoms with Crippen LogP contribution in [0.25, 0.3) is 0 Å². The average Bonchev–Trinajstić information content (AvgIpc) is 2.76. The first kappa shape index (κ1) is 8.31. The Bertz CT molecular complexity index is 365. The Hall–Kier alpha value is -1.29. The first-order valence-corrected chi connectivity index (χ1v) is 4.46. The van der Waals surface area contributed by atoms with E-state index in [-0.39, 0.29) is 0 Å². The second kappa shape index (κ2) is 3.62. The van der Waals surface area contributed by atoms with Gasteiger partial charge in [0, 0.05) is 18.0 Å². The van der Waals surface area contributed by atoms with Crippen LogP contribution in [0.1, 0.15) is 11.3 Å². The lowest BCUT2D eigenvalue weighted by atomic mass is 10.3. The van der Waals surface area contributed by atoms with Crippen LogP contribution in [-0.4, -0.2) is 19.7 Å². The lowest BCUT2D eigenvalue weighted by Crippen LogP contribution is -1.94. The summed E-state index contributed by atoms with van der Waals surface area (Å²) in [7, 11) is 0. The molecule has 0 bridgehead atoms. The molecule has 2 rings (SSSR count). The molecular weight excluding hydrogens is 188 g/mol. The summed E-state index contributed by atoms with van der Waals surface area (Å²) < 4.78 is 1.97. The molecule has 5 heteroatoms. The van der Waals surface area contributed by atoms with Crippen molar-refractivity contribution in [3.8, 4) is 0 Å². The second-order valence-electron chi connectivity index (χ2n) is 2.78. The smallest absolute Gasteiger partial charge is 0.0953 e. The molecule has 0 aliphatic carbocycles. The molecule has 0 amide bonds. The maximum atomic E-state index is 5.63. The normalized spacial score (nSPS) is 10.5. The van der Waals surface area contributed by atoms with Gasteiger partial charge in [-0.15, -0.1) is 11.6 Å². The highest BCUT2D eigenvalue weighted by atomic mass is 35.5. The number of nitrogens with one attached hydrogen (secondary N) is 1. The highest BCUT2D eigenvalue weighted by molar-refractivity contribution is 6.16. The van der Waals surface area contributed by atoms with Gasteiger partial charge < -0.3 is 4.57 Å². The first-order chi connectivity index (χ1) is 6.38. The summed E-state index contributed by atoms with van der Waals surface area (Å²) in [5.74, 6) is 0.457. The third-order valence-electron chi connectivity index (χ3n) is 1.74. The van der Waals surface area contributed by atoms with E-state index in [1.54, 1.807) is 12.5 Å². The molecule has 0 atom stereocenters. The minimum atomic E-state index is 0.457. The molecule has 13 heavy (non-hydrogen) atoms. The van der Waals surface area contributed by atoms with Gasteiger partial charge in [-0.2, -0.15) is 5.10 Å². The van der Waals surface area contributed by atoms with Gasteiger partial charge in [0.15, 0.2) is 0 Å². The minimum Gasteiger partial charge on any atom is -0.333 e. The Balaban J connectivity index is 2.10. The summed E-state index contributed by atoms with van der Waals surface area (Å²) in [6.45, 7) is 0.778. The maximum absolute atomic E-state index is 5.63. The highest BCUT2D eigenvalue weighted by Crippen LogP contribution is 2.03. The predicted octanol–water partition coefficient (Wildman–Crippen LogP) is 1.39. The van der Waals surface area contributed by atoms with Crippen LogP contribution in [-0.2, 0) is 12.4 Å². The van der Waals surface area contributed by atoms with Crippen molar-refractivity contribution in [3.05, 3.63) is 36.2 Å². The van der Waals surface area contributed by atoms with Crippen LogP contribution in [0.5, 0.6) is 0 Å². The van der Waals surface area contributed by atoms with Crippen molar-refractivity contribution < 1.29 is 0 Å². The standard InChI is InChI=1S/C8H9ClN4/c9-1-8-5-13(6-10-8)4-7-2-11-12-3-7/h2-3,5-6H,1,4H2,(H,11,12). The van der Waals surface area contributed by atoms with Gasteiger partial charge in [0.05, 0.1) is 30.6 Å². The molecule has 0 radical (unpaired) electrons. The van der Waals surface area contributed by atoms with E-state index >= 15 is 0 Å². The second-order valence-corrected chi connectivity index (χ2v) is 3.04. The van der Waals surface area contributed by atoms with E-state index in [4.69, 9.17) is 11.6 Å². The van der Waals surface area contributed by atoms with E-state index in [2.05, 4.69) is 15.2 Å². The molecule has 4 nitrogen and oxygen atoms in total. The molecule has 0 unspecified atom stereocenters. The van der Waals surface area contributed by atoms with E-state index in [0.717, 1.165) is 17.8 Å². The van der Waals surface area contributed by atoms with Gasteiger partial charge in [-0.25, -0.2) is 4.98 Å². The summed E-state index contributed by atoms with van der Waals surface area (Å²) >= 11 is 5.63. The Morgan fingerprint density at radius 2 is 2.46 bits per heavy atom. The molecule has 1 N–H and O–H groups in total. The zero-order valence-corrected chi connectivity index (χ0v) is 7.70. The summed E-state index contributed by atoms with van der Waals surface area (Å²) in [4.78, 5) is 4.12. The van der Waals surface area contributed by atoms with Crippen molar-refractivity contribution in [3.63, 3.8) is 0 Å². The minimum absolute atomic E-state index is 0.457. The zero-order valence-electron chi connectivity index (χ0n) is 6.94. The van der Waals surface area contributed by atoms with Crippen LogP contribution in [0.15, 0.2) is 24.9 Å². The Kier molecular flexibility index (Phi) is 2.31. The fraction of sp³-hybridized carbons (Fsp3) is 0.250. The summed E-state index contributed by atoms with van der Waals surface area (Å²) in [5.41, 5.74) is 2.02. The van der Waals surface area contributed by atoms with Gasteiger partial charge >= 0.3 is 0 Å². The molecule has 0 saturated heterocycles. The number of H-pyrrole nitrogens is 1. The third-order valence-corrected chi connectivity index (χ3v) is 2.02. The van der Waals surface area contributed by atoms with Crippen molar-refractivity contribution in [1.82, 2.24) is 19.7 Å². The molecule has 2 aromatic heterocycles. The Labute approximate surface area is 80.6 Å². The number of aromatic amines is 1. The Morgan fingerprint density at radius 1 is 1.54 bits per heavy atom. The fourth-order valence-corrected chi connectivity index (χ4v) is 1.27. The van der Waals surface area contributed by atoms with Crippen LogP contribution in [0, 0.1) is 0 Å². The molecule has 0 spiro atoms. The zero-order chi connectivity index (χ0) is 9.10. The van der Waals surface area contributed by atoms with E-state index in [1.807, 2.05) is 17.0 Å². The predicted molar refractivity (Wildman–Crippen MR) is 49.5 cm³/mol. The number of imidazole rings is 1. The van der Waals surface area contributed by atoms with Gasteiger partial charge in [-0.05, 0) is 0 Å². The number of nitrogens with zero attached hydrogens (tertiary/aromatic N) is 3. The lowest BCUT2D eigenvalue weighted by molar-refractivity contribution is 0.797. The van der Waals surface area contributed by atoms with Crippen molar-refractivity contribution >= 4 is 11.6 Å². The van der Waals surface area contributed by atoms with Crippen molar-refractivity contribution in [2.24, 2.45) is 0 Å². The number of rotatable bonds is 3. The van der Waals surface area contributed by atoms with Crippen molar-refractivity contribution in [2.45, 2.75) is 12.4 Å². The molecule has 0 saturated carbocycles. The molecule has 2 aromatic rings. The molecular formula is C8H9ClN4. The van der Waals surface area contributed by atoms with Crippen LogP contribution in [0.3, 0.4) is 0 Å². The van der Waals surface area contributed by atoms with E-state index < -0.39 is 0 Å². The number of hydrogen-bond donors (Lipinski definition) is 1. The molecule has 0 aliphatic heterocycles. The van der Waals surface area contributed by atoms with E-state index in [9.17, 15) is 0 Å². The van der Waals surface area contributed by atoms with Gasteiger partial charge in [-0.3, -0.25) is 5.10 Å². The number of alkyl halides is 1. The summed E-state index contributed by atoms with van der Waals surface area (Å²) in [5, 5.41) is 6.62. The van der Waals surface area contributed by atoms with Crippen LogP contribution < -0.4 is 0 Å². The monoisotopic (exact) mass is 196 g/mol. The highest BCUT2D eigenvalue weighted by Gasteiger charge is 1.98. The molecule has 68 valence electrons. The van der Waals surface area contributed by atoms with Crippen molar-refractivity contribution in [2.75, 3.05) is 0 Å². The van der Waals surface area contributed by atoms with Crippen LogP contribution >= 0.6 is 11.6 Å². The topological polar surface area (TPSA) is 46.5 Å². The van der Waals surface area contributed by atoms with Gasteiger partial charge in [-0.1, -0.05) is 0 Å². The first-order valence-electron chi connectivity index (χ1n) is 3.93. The SMILES string of the molecule is ClCc1cn(Cc2cn[nH]c2)cn1. The molecule has 0 aromatic carbocycles. The number of halogens is 1. The van der Waals surface area contributed by atoms with Gasteiger partial charge in [0.1, 0.15) is 0 Å². The number of aromatic nitrogens is 4. The molecule has 0 fully saturated rings. The summed E-state index contributed by atoms with van der Waals surface area (Å²) in [6, 6.07) is 0. The Morgan fingerprint density at radius 3 is 3.08 bits per heavy atom. The van der Waals surface area contributed by atoms with Crippen molar-refractivity contribution in [1.29, 1.82) is 0 Å².